The summed E-state index contributed by atoms with van der Waals surface area (Å²) in [4.78, 5) is 10.8. The molecule has 0 aromatic rings. The van der Waals surface area contributed by atoms with Gasteiger partial charge in [0.25, 0.3) is 0 Å². The fourth-order valence-corrected chi connectivity index (χ4v) is 2.86. The van der Waals surface area contributed by atoms with E-state index in [4.69, 9.17) is 9.84 Å². The zero-order chi connectivity index (χ0) is 15.3. The van der Waals surface area contributed by atoms with Crippen LogP contribution in [-0.4, -0.2) is 36.4 Å². The largest absolute Gasteiger partial charge is 0.480 e. The maximum Gasteiger partial charge on any atom is 0.320 e. The van der Waals surface area contributed by atoms with E-state index in [0.29, 0.717) is 13.0 Å². The summed E-state index contributed by atoms with van der Waals surface area (Å²) in [7, 11) is 0. The first-order valence-corrected chi connectivity index (χ1v) is 8.81. The van der Waals surface area contributed by atoms with E-state index < -0.39 is 12.0 Å². The van der Waals surface area contributed by atoms with Gasteiger partial charge in [0.2, 0.25) is 0 Å². The van der Waals surface area contributed by atoms with Gasteiger partial charge >= 0.3 is 5.97 Å². The topological polar surface area (TPSA) is 58.6 Å². The number of carboxylic acids is 1. The second-order valence-corrected chi connectivity index (χ2v) is 6.21. The van der Waals surface area contributed by atoms with E-state index in [9.17, 15) is 4.79 Å². The van der Waals surface area contributed by atoms with Gasteiger partial charge < -0.3 is 15.2 Å². The Labute approximate surface area is 129 Å². The molecule has 4 heteroatoms. The van der Waals surface area contributed by atoms with Crippen molar-refractivity contribution in [3.05, 3.63) is 0 Å². The van der Waals surface area contributed by atoms with Crippen molar-refractivity contribution in [1.82, 2.24) is 5.32 Å². The number of hydrogen-bond acceptors (Lipinski definition) is 3. The fourth-order valence-electron chi connectivity index (χ4n) is 2.86. The van der Waals surface area contributed by atoms with Gasteiger partial charge in [-0.25, -0.2) is 0 Å². The van der Waals surface area contributed by atoms with Crippen LogP contribution in [0, 0.1) is 0 Å². The monoisotopic (exact) mass is 299 g/mol. The van der Waals surface area contributed by atoms with Crippen LogP contribution in [0.15, 0.2) is 0 Å². The van der Waals surface area contributed by atoms with E-state index in [-0.39, 0.29) is 6.10 Å². The van der Waals surface area contributed by atoms with Crippen LogP contribution < -0.4 is 5.32 Å². The lowest BCUT2D eigenvalue weighted by Gasteiger charge is -2.10. The van der Waals surface area contributed by atoms with Crippen LogP contribution >= 0.6 is 0 Å². The van der Waals surface area contributed by atoms with Crippen LogP contribution in [0.1, 0.15) is 77.6 Å². The van der Waals surface area contributed by atoms with Crippen LogP contribution in [-0.2, 0) is 9.53 Å². The Kier molecular flexibility index (Phi) is 10.5. The predicted molar refractivity (Wildman–Crippen MR) is 85.6 cm³/mol. The molecule has 0 spiro atoms. The first-order chi connectivity index (χ1) is 10.2. The molecule has 0 aromatic carbocycles. The molecule has 4 nitrogen and oxygen atoms in total. The molecular formula is C17H33NO3. The van der Waals surface area contributed by atoms with Crippen molar-refractivity contribution in [2.75, 3.05) is 13.2 Å². The molecule has 1 heterocycles. The average Bonchev–Trinajstić information content (AvgIpc) is 2.94. The maximum absolute atomic E-state index is 10.8. The number of ether oxygens (including phenoxy) is 1. The molecule has 1 aliphatic heterocycles. The van der Waals surface area contributed by atoms with Crippen molar-refractivity contribution in [1.29, 1.82) is 0 Å². The summed E-state index contributed by atoms with van der Waals surface area (Å²) in [5.74, 6) is -0.764. The van der Waals surface area contributed by atoms with Gasteiger partial charge in [0.15, 0.2) is 0 Å². The number of carbonyl (C=O) groups is 1. The number of unbranched alkanes of at least 4 members (excludes halogenated alkanes) is 9. The summed E-state index contributed by atoms with van der Waals surface area (Å²) in [6.45, 7) is 3.70. The number of rotatable bonds is 13. The molecule has 2 atom stereocenters. The Hall–Kier alpha value is -0.610. The molecule has 21 heavy (non-hydrogen) atoms. The van der Waals surface area contributed by atoms with E-state index in [0.717, 1.165) is 13.0 Å². The minimum atomic E-state index is -0.764. The molecule has 124 valence electrons. The summed E-state index contributed by atoms with van der Waals surface area (Å²) in [5, 5.41) is 11.8. The Morgan fingerprint density at radius 1 is 1.05 bits per heavy atom. The third kappa shape index (κ3) is 9.10. The van der Waals surface area contributed by atoms with Crippen LogP contribution in [0.25, 0.3) is 0 Å². The third-order valence-electron chi connectivity index (χ3n) is 4.24. The molecule has 0 bridgehead atoms. The smallest absolute Gasteiger partial charge is 0.320 e. The van der Waals surface area contributed by atoms with Crippen LogP contribution in [0.4, 0.5) is 0 Å². The Morgan fingerprint density at radius 3 is 2.14 bits per heavy atom. The van der Waals surface area contributed by atoms with Crippen molar-refractivity contribution >= 4 is 5.97 Å². The zero-order valence-corrected chi connectivity index (χ0v) is 13.6. The van der Waals surface area contributed by atoms with Crippen molar-refractivity contribution in [2.45, 2.75) is 89.7 Å². The van der Waals surface area contributed by atoms with Gasteiger partial charge in [-0.15, -0.1) is 0 Å². The van der Waals surface area contributed by atoms with E-state index in [1.165, 1.54) is 57.8 Å². The first kappa shape index (κ1) is 18.4. The second kappa shape index (κ2) is 12.0. The Morgan fingerprint density at radius 2 is 1.62 bits per heavy atom. The first-order valence-electron chi connectivity index (χ1n) is 8.81. The van der Waals surface area contributed by atoms with Crippen LogP contribution in [0.3, 0.4) is 0 Å². The van der Waals surface area contributed by atoms with Crippen molar-refractivity contribution in [3.8, 4) is 0 Å². The molecular weight excluding hydrogens is 266 g/mol. The summed E-state index contributed by atoms with van der Waals surface area (Å²) in [5.41, 5.74) is 0. The summed E-state index contributed by atoms with van der Waals surface area (Å²) >= 11 is 0. The minimum Gasteiger partial charge on any atom is -0.480 e. The highest BCUT2D eigenvalue weighted by Crippen LogP contribution is 2.13. The van der Waals surface area contributed by atoms with Crippen molar-refractivity contribution in [3.63, 3.8) is 0 Å². The van der Waals surface area contributed by atoms with Crippen LogP contribution in [0.5, 0.6) is 0 Å². The van der Waals surface area contributed by atoms with E-state index >= 15 is 0 Å². The SMILES string of the molecule is CCCCCCCCCCCCO[C@H]1CN[C@H](C(=O)O)C1. The van der Waals surface area contributed by atoms with Gasteiger partial charge in [0.05, 0.1) is 6.10 Å². The molecule has 0 aromatic heterocycles. The van der Waals surface area contributed by atoms with Gasteiger partial charge in [-0.3, -0.25) is 4.79 Å². The van der Waals surface area contributed by atoms with Gasteiger partial charge in [-0.2, -0.15) is 0 Å². The molecule has 0 unspecified atom stereocenters. The maximum atomic E-state index is 10.8. The molecule has 0 radical (unpaired) electrons. The molecule has 1 saturated heterocycles. The Balaban J connectivity index is 1.80. The minimum absolute atomic E-state index is 0.0877. The van der Waals surface area contributed by atoms with Gasteiger partial charge in [0, 0.05) is 19.6 Å². The number of carboxylic acid groups (broad SMARTS) is 1. The quantitative estimate of drug-likeness (QED) is 0.509. The second-order valence-electron chi connectivity index (χ2n) is 6.21. The average molecular weight is 299 g/mol. The lowest BCUT2D eigenvalue weighted by molar-refractivity contribution is -0.139. The molecule has 2 N–H and O–H groups in total. The van der Waals surface area contributed by atoms with E-state index in [2.05, 4.69) is 12.2 Å². The number of hydrogen-bond donors (Lipinski definition) is 2. The van der Waals surface area contributed by atoms with Crippen molar-refractivity contribution in [2.24, 2.45) is 0 Å². The highest BCUT2D eigenvalue weighted by Gasteiger charge is 2.29. The molecule has 0 aliphatic carbocycles. The summed E-state index contributed by atoms with van der Waals surface area (Å²) < 4.78 is 5.73. The molecule has 1 fully saturated rings. The molecule has 0 amide bonds. The van der Waals surface area contributed by atoms with E-state index in [1.807, 2.05) is 0 Å². The highest BCUT2D eigenvalue weighted by atomic mass is 16.5. The number of aliphatic carboxylic acids is 1. The molecule has 0 saturated carbocycles. The van der Waals surface area contributed by atoms with Gasteiger partial charge in [0.1, 0.15) is 6.04 Å². The van der Waals surface area contributed by atoms with Gasteiger partial charge in [-0.1, -0.05) is 64.7 Å². The third-order valence-corrected chi connectivity index (χ3v) is 4.24. The summed E-state index contributed by atoms with van der Waals surface area (Å²) in [6.07, 6.45) is 13.9. The highest BCUT2D eigenvalue weighted by molar-refractivity contribution is 5.73. The zero-order valence-electron chi connectivity index (χ0n) is 13.6. The van der Waals surface area contributed by atoms with Crippen LogP contribution in [0.2, 0.25) is 0 Å². The Bertz CT molecular complexity index is 271. The predicted octanol–water partition coefficient (Wildman–Crippen LogP) is 3.74. The lowest BCUT2D eigenvalue weighted by Crippen LogP contribution is -2.29. The number of nitrogens with one attached hydrogen (secondary N) is 1. The van der Waals surface area contributed by atoms with Gasteiger partial charge in [-0.05, 0) is 6.42 Å². The summed E-state index contributed by atoms with van der Waals surface area (Å²) in [6, 6.07) is -0.414. The normalized spacial score (nSPS) is 21.8. The van der Waals surface area contributed by atoms with E-state index in [1.54, 1.807) is 0 Å². The molecule has 1 aliphatic rings. The standard InChI is InChI=1S/C17H33NO3/c1-2-3-4-5-6-7-8-9-10-11-12-21-15-13-16(17(19)20)18-14-15/h15-16,18H,2-14H2,1H3,(H,19,20)/t15-,16+/m1/s1. The van der Waals surface area contributed by atoms with Crippen molar-refractivity contribution < 1.29 is 14.6 Å². The lowest BCUT2D eigenvalue weighted by atomic mass is 10.1. The molecule has 1 rings (SSSR count). The fraction of sp³-hybridized carbons (Fsp3) is 0.941.